The molecule has 0 saturated carbocycles. The summed E-state index contributed by atoms with van der Waals surface area (Å²) in [6.07, 6.45) is 0. The molecule has 0 aliphatic heterocycles. The minimum absolute atomic E-state index is 0.151. The van der Waals surface area contributed by atoms with Crippen molar-refractivity contribution in [3.8, 4) is 6.07 Å². The van der Waals surface area contributed by atoms with Gasteiger partial charge in [0.15, 0.2) is 5.15 Å². The van der Waals surface area contributed by atoms with Crippen LogP contribution in [0.15, 0.2) is 18.2 Å². The van der Waals surface area contributed by atoms with Crippen LogP contribution in [0.1, 0.15) is 42.5 Å². The Bertz CT molecular complexity index is 730. The van der Waals surface area contributed by atoms with E-state index >= 15 is 0 Å². The molecule has 0 radical (unpaired) electrons. The second kappa shape index (κ2) is 6.70. The predicted molar refractivity (Wildman–Crippen MR) is 89.5 cm³/mol. The van der Waals surface area contributed by atoms with Gasteiger partial charge in [0.2, 0.25) is 0 Å². The van der Waals surface area contributed by atoms with Gasteiger partial charge in [0.1, 0.15) is 5.92 Å². The van der Waals surface area contributed by atoms with E-state index in [-0.39, 0.29) is 5.92 Å². The second-order valence-electron chi connectivity index (χ2n) is 5.13. The monoisotopic (exact) mass is 354 g/mol. The Balaban J connectivity index is 2.60. The van der Waals surface area contributed by atoms with Gasteiger partial charge in [0.05, 0.1) is 11.8 Å². The molecule has 2 N–H and O–H groups in total. The van der Waals surface area contributed by atoms with Crippen LogP contribution in [-0.2, 0) is 0 Å². The van der Waals surface area contributed by atoms with E-state index in [1.807, 2.05) is 13.8 Å². The molecule has 1 aromatic carbocycles. The maximum atomic E-state index is 9.55. The van der Waals surface area contributed by atoms with E-state index < -0.39 is 5.92 Å². The van der Waals surface area contributed by atoms with E-state index in [0.29, 0.717) is 32.1 Å². The third-order valence-electron chi connectivity index (χ3n) is 3.23. The van der Waals surface area contributed by atoms with Gasteiger partial charge in [-0.1, -0.05) is 48.7 Å². The fraction of sp³-hybridized carbons (Fsp3) is 0.267. The minimum atomic E-state index is -0.747. The normalized spacial score (nSPS) is 12.2. The van der Waals surface area contributed by atoms with Crippen LogP contribution in [0.4, 0.5) is 5.69 Å². The first-order chi connectivity index (χ1) is 10.3. The van der Waals surface area contributed by atoms with Gasteiger partial charge in [-0.25, -0.2) is 0 Å². The lowest BCUT2D eigenvalue weighted by atomic mass is 9.94. The Labute approximate surface area is 143 Å². The van der Waals surface area contributed by atoms with Crippen molar-refractivity contribution in [2.45, 2.75) is 25.7 Å². The van der Waals surface area contributed by atoms with Crippen LogP contribution in [-0.4, -0.2) is 10.2 Å². The molecule has 4 nitrogen and oxygen atoms in total. The minimum Gasteiger partial charge on any atom is -0.399 e. The molecule has 114 valence electrons. The Hall–Kier alpha value is -1.54. The Kier molecular flexibility index (Phi) is 5.12. The van der Waals surface area contributed by atoms with Crippen molar-refractivity contribution in [1.29, 1.82) is 5.26 Å². The SMILES string of the molecule is CC(C)c1cc(C(C#N)c2c(Cl)cc(N)cc2Cl)nnc1Cl. The van der Waals surface area contributed by atoms with E-state index in [9.17, 15) is 5.26 Å². The van der Waals surface area contributed by atoms with E-state index in [4.69, 9.17) is 40.5 Å². The Morgan fingerprint density at radius 2 is 1.68 bits per heavy atom. The van der Waals surface area contributed by atoms with E-state index in [1.54, 1.807) is 18.2 Å². The number of rotatable bonds is 3. The zero-order valence-electron chi connectivity index (χ0n) is 11.9. The average molecular weight is 356 g/mol. The van der Waals surface area contributed by atoms with Gasteiger partial charge >= 0.3 is 0 Å². The molecular formula is C15H13Cl3N4. The summed E-state index contributed by atoms with van der Waals surface area (Å²) in [4.78, 5) is 0. The molecule has 7 heteroatoms. The smallest absolute Gasteiger partial charge is 0.155 e. The third-order valence-corrected chi connectivity index (χ3v) is 4.15. The molecule has 1 aromatic heterocycles. The second-order valence-corrected chi connectivity index (χ2v) is 6.30. The maximum absolute atomic E-state index is 9.55. The van der Waals surface area contributed by atoms with Crippen LogP contribution in [0.3, 0.4) is 0 Å². The highest BCUT2D eigenvalue weighted by Crippen LogP contribution is 2.37. The summed E-state index contributed by atoms with van der Waals surface area (Å²) in [5.74, 6) is -0.596. The number of aromatic nitrogens is 2. The number of anilines is 1. The molecule has 22 heavy (non-hydrogen) atoms. The van der Waals surface area contributed by atoms with Crippen LogP contribution in [0, 0.1) is 11.3 Å². The first-order valence-electron chi connectivity index (χ1n) is 6.52. The number of nitrogens with zero attached hydrogens (tertiary/aromatic N) is 3. The number of halogens is 3. The maximum Gasteiger partial charge on any atom is 0.155 e. The van der Waals surface area contributed by atoms with Gasteiger partial charge in [-0.2, -0.15) is 10.4 Å². The molecule has 0 saturated heterocycles. The van der Waals surface area contributed by atoms with Gasteiger partial charge in [-0.05, 0) is 29.7 Å². The number of nitrogens with two attached hydrogens (primary N) is 1. The molecule has 1 heterocycles. The first kappa shape index (κ1) is 16.8. The van der Waals surface area contributed by atoms with Crippen molar-refractivity contribution < 1.29 is 0 Å². The highest BCUT2D eigenvalue weighted by atomic mass is 35.5. The van der Waals surface area contributed by atoms with Crippen LogP contribution in [0.2, 0.25) is 15.2 Å². The van der Waals surface area contributed by atoms with Gasteiger partial charge in [-0.15, -0.1) is 5.10 Å². The summed E-state index contributed by atoms with van der Waals surface area (Å²) >= 11 is 18.4. The number of nitrogen functional groups attached to an aromatic ring is 1. The molecule has 2 rings (SSSR count). The number of benzene rings is 1. The number of nitriles is 1. The lowest BCUT2D eigenvalue weighted by molar-refractivity contribution is 0.810. The fourth-order valence-corrected chi connectivity index (χ4v) is 3.14. The molecule has 0 amide bonds. The molecule has 1 unspecified atom stereocenters. The number of hydrogen-bond acceptors (Lipinski definition) is 4. The van der Waals surface area contributed by atoms with Gasteiger partial charge in [-0.3, -0.25) is 0 Å². The summed E-state index contributed by atoms with van der Waals surface area (Å²) in [5.41, 5.74) is 7.85. The van der Waals surface area contributed by atoms with Crippen molar-refractivity contribution in [2.24, 2.45) is 0 Å². The predicted octanol–water partition coefficient (Wildman–Crippen LogP) is 4.80. The van der Waals surface area contributed by atoms with Crippen LogP contribution in [0.5, 0.6) is 0 Å². The van der Waals surface area contributed by atoms with E-state index in [2.05, 4.69) is 16.3 Å². The summed E-state index contributed by atoms with van der Waals surface area (Å²) in [6, 6.07) is 7.04. The summed E-state index contributed by atoms with van der Waals surface area (Å²) < 4.78 is 0. The molecular weight excluding hydrogens is 343 g/mol. The molecule has 0 bridgehead atoms. The van der Waals surface area contributed by atoms with Crippen LogP contribution < -0.4 is 5.73 Å². The standard InChI is InChI=1S/C15H13Cl3N4/c1-7(2)9-5-13(21-22-15(9)18)10(6-19)14-11(16)3-8(20)4-12(14)17/h3-5,7,10H,20H2,1-2H3. The molecule has 1 atom stereocenters. The molecule has 0 aliphatic rings. The summed E-state index contributed by atoms with van der Waals surface area (Å²) in [6.45, 7) is 3.97. The van der Waals surface area contributed by atoms with Crippen LogP contribution >= 0.6 is 34.8 Å². The largest absolute Gasteiger partial charge is 0.399 e. The lowest BCUT2D eigenvalue weighted by Gasteiger charge is -2.15. The number of hydrogen-bond donors (Lipinski definition) is 1. The van der Waals surface area contributed by atoms with Gasteiger partial charge < -0.3 is 5.73 Å². The van der Waals surface area contributed by atoms with Gasteiger partial charge in [0.25, 0.3) is 0 Å². The van der Waals surface area contributed by atoms with Crippen molar-refractivity contribution in [2.75, 3.05) is 5.73 Å². The van der Waals surface area contributed by atoms with E-state index in [0.717, 1.165) is 5.56 Å². The van der Waals surface area contributed by atoms with Crippen molar-refractivity contribution in [1.82, 2.24) is 10.2 Å². The lowest BCUT2D eigenvalue weighted by Crippen LogP contribution is -2.07. The van der Waals surface area contributed by atoms with Gasteiger partial charge in [0, 0.05) is 21.3 Å². The topological polar surface area (TPSA) is 75.6 Å². The fourth-order valence-electron chi connectivity index (χ4n) is 2.11. The Morgan fingerprint density at radius 1 is 1.09 bits per heavy atom. The van der Waals surface area contributed by atoms with Crippen molar-refractivity contribution in [3.63, 3.8) is 0 Å². The zero-order valence-corrected chi connectivity index (χ0v) is 14.2. The van der Waals surface area contributed by atoms with Crippen LogP contribution in [0.25, 0.3) is 0 Å². The Morgan fingerprint density at radius 3 is 2.18 bits per heavy atom. The molecule has 0 fully saturated rings. The highest BCUT2D eigenvalue weighted by Gasteiger charge is 2.23. The average Bonchev–Trinajstić information content (AvgIpc) is 2.43. The zero-order chi connectivity index (χ0) is 16.4. The quantitative estimate of drug-likeness (QED) is 0.802. The summed E-state index contributed by atoms with van der Waals surface area (Å²) in [5, 5.41) is 18.5. The molecule has 2 aromatic rings. The highest BCUT2D eigenvalue weighted by molar-refractivity contribution is 6.36. The van der Waals surface area contributed by atoms with Crippen molar-refractivity contribution >= 4 is 40.5 Å². The molecule has 0 aliphatic carbocycles. The first-order valence-corrected chi connectivity index (χ1v) is 7.65. The van der Waals surface area contributed by atoms with Crippen molar-refractivity contribution in [3.05, 3.63) is 50.2 Å². The third kappa shape index (κ3) is 3.27. The molecule has 0 spiro atoms. The van der Waals surface area contributed by atoms with E-state index in [1.165, 1.54) is 0 Å². The summed E-state index contributed by atoms with van der Waals surface area (Å²) in [7, 11) is 0.